The fourth-order valence-electron chi connectivity index (χ4n) is 1.16. The summed E-state index contributed by atoms with van der Waals surface area (Å²) >= 11 is 1.59. The van der Waals surface area contributed by atoms with Crippen LogP contribution in [-0.2, 0) is 11.2 Å². The van der Waals surface area contributed by atoms with Gasteiger partial charge in [0.05, 0.1) is 10.7 Å². The van der Waals surface area contributed by atoms with Crippen LogP contribution in [0.2, 0.25) is 0 Å². The monoisotopic (exact) mass is 209 g/mol. The Labute approximate surface area is 88.7 Å². The molecule has 0 unspecified atom stereocenters. The minimum absolute atomic E-state index is 0.210. The van der Waals surface area contributed by atoms with Gasteiger partial charge in [-0.2, -0.15) is 0 Å². The summed E-state index contributed by atoms with van der Waals surface area (Å²) in [5.41, 5.74) is 1.89. The second-order valence-electron chi connectivity index (χ2n) is 3.35. The number of carbonyl (C=O) groups excluding carboxylic acids is 1. The van der Waals surface area contributed by atoms with Crippen molar-refractivity contribution in [2.75, 3.05) is 0 Å². The van der Waals surface area contributed by atoms with Crippen LogP contribution in [0, 0.1) is 6.92 Å². The summed E-state index contributed by atoms with van der Waals surface area (Å²) in [5.74, 6) is 0.210. The molecule has 0 amide bonds. The number of hydrogen-bond acceptors (Lipinski definition) is 3. The van der Waals surface area contributed by atoms with Crippen molar-refractivity contribution in [1.82, 2.24) is 4.98 Å². The summed E-state index contributed by atoms with van der Waals surface area (Å²) in [7, 11) is 0. The Morgan fingerprint density at radius 1 is 1.64 bits per heavy atom. The molecule has 0 aliphatic carbocycles. The first-order valence-corrected chi connectivity index (χ1v) is 5.59. The minimum atomic E-state index is 0.210. The SMILES string of the molecule is C=C(CC)CC(=O)Cc1csc(C)n1. The number of ketones is 1. The van der Waals surface area contributed by atoms with Crippen molar-refractivity contribution >= 4 is 17.1 Å². The first-order chi connectivity index (χ1) is 6.61. The molecule has 1 aromatic rings. The number of rotatable bonds is 5. The highest BCUT2D eigenvalue weighted by Gasteiger charge is 2.07. The van der Waals surface area contributed by atoms with Gasteiger partial charge in [0.2, 0.25) is 0 Å². The van der Waals surface area contributed by atoms with Crippen molar-refractivity contribution in [2.24, 2.45) is 0 Å². The molecule has 0 atom stereocenters. The molecule has 0 N–H and O–H groups in total. The van der Waals surface area contributed by atoms with E-state index in [1.165, 1.54) is 0 Å². The molecular formula is C11H15NOS. The molecule has 0 saturated heterocycles. The van der Waals surface area contributed by atoms with Gasteiger partial charge in [-0.3, -0.25) is 4.79 Å². The van der Waals surface area contributed by atoms with Crippen molar-refractivity contribution in [3.05, 3.63) is 28.2 Å². The van der Waals surface area contributed by atoms with E-state index in [0.717, 1.165) is 22.7 Å². The standard InChI is InChI=1S/C11H15NOS/c1-4-8(2)5-11(13)6-10-7-14-9(3)12-10/h7H,2,4-6H2,1,3H3. The highest BCUT2D eigenvalue weighted by Crippen LogP contribution is 2.11. The third-order valence-electron chi connectivity index (χ3n) is 1.99. The topological polar surface area (TPSA) is 30.0 Å². The molecule has 0 spiro atoms. The Balaban J connectivity index is 2.45. The average molecular weight is 209 g/mol. The Bertz CT molecular complexity index is 341. The minimum Gasteiger partial charge on any atom is -0.299 e. The molecule has 1 rings (SSSR count). The van der Waals surface area contributed by atoms with Gasteiger partial charge in [0.25, 0.3) is 0 Å². The van der Waals surface area contributed by atoms with Gasteiger partial charge in [0.1, 0.15) is 5.78 Å². The molecule has 0 aliphatic heterocycles. The van der Waals surface area contributed by atoms with Gasteiger partial charge in [0.15, 0.2) is 0 Å². The van der Waals surface area contributed by atoms with Gasteiger partial charge in [-0.05, 0) is 13.3 Å². The average Bonchev–Trinajstić information content (AvgIpc) is 2.50. The number of thiazole rings is 1. The van der Waals surface area contributed by atoms with Crippen LogP contribution in [0.1, 0.15) is 30.5 Å². The first-order valence-electron chi connectivity index (χ1n) is 4.71. The van der Waals surface area contributed by atoms with Crippen LogP contribution in [0.5, 0.6) is 0 Å². The molecular weight excluding hydrogens is 194 g/mol. The number of aryl methyl sites for hydroxylation is 1. The van der Waals surface area contributed by atoms with E-state index in [0.29, 0.717) is 12.8 Å². The van der Waals surface area contributed by atoms with Crippen LogP contribution in [0.4, 0.5) is 0 Å². The molecule has 14 heavy (non-hydrogen) atoms. The molecule has 1 heterocycles. The molecule has 2 nitrogen and oxygen atoms in total. The van der Waals surface area contributed by atoms with Crippen LogP contribution < -0.4 is 0 Å². The number of nitrogens with zero attached hydrogens (tertiary/aromatic N) is 1. The lowest BCUT2D eigenvalue weighted by Crippen LogP contribution is -2.03. The number of allylic oxidation sites excluding steroid dienone is 1. The third-order valence-corrected chi connectivity index (χ3v) is 2.81. The predicted molar refractivity (Wildman–Crippen MR) is 59.6 cm³/mol. The summed E-state index contributed by atoms with van der Waals surface area (Å²) in [4.78, 5) is 15.7. The van der Waals surface area contributed by atoms with E-state index in [-0.39, 0.29) is 5.78 Å². The van der Waals surface area contributed by atoms with Gasteiger partial charge in [-0.1, -0.05) is 19.1 Å². The van der Waals surface area contributed by atoms with E-state index in [4.69, 9.17) is 0 Å². The molecule has 0 saturated carbocycles. The summed E-state index contributed by atoms with van der Waals surface area (Å²) in [6, 6.07) is 0. The first kappa shape index (κ1) is 11.1. The molecule has 76 valence electrons. The number of hydrogen-bond donors (Lipinski definition) is 0. The van der Waals surface area contributed by atoms with E-state index in [9.17, 15) is 4.79 Å². The van der Waals surface area contributed by atoms with Gasteiger partial charge >= 0.3 is 0 Å². The summed E-state index contributed by atoms with van der Waals surface area (Å²) in [6.07, 6.45) is 1.82. The Kier molecular flexibility index (Phi) is 4.01. The summed E-state index contributed by atoms with van der Waals surface area (Å²) < 4.78 is 0. The lowest BCUT2D eigenvalue weighted by Gasteiger charge is -1.99. The maximum atomic E-state index is 11.5. The molecule has 1 aromatic heterocycles. The predicted octanol–water partition coefficient (Wildman–Crippen LogP) is 2.92. The summed E-state index contributed by atoms with van der Waals surface area (Å²) in [6.45, 7) is 7.79. The van der Waals surface area contributed by atoms with Crippen molar-refractivity contribution in [3.63, 3.8) is 0 Å². The Hall–Kier alpha value is -0.960. The molecule has 0 bridgehead atoms. The van der Waals surface area contributed by atoms with E-state index in [2.05, 4.69) is 11.6 Å². The van der Waals surface area contributed by atoms with E-state index in [1.54, 1.807) is 11.3 Å². The van der Waals surface area contributed by atoms with Crippen molar-refractivity contribution in [2.45, 2.75) is 33.1 Å². The fraction of sp³-hybridized carbons (Fsp3) is 0.455. The molecule has 0 aliphatic rings. The second kappa shape index (κ2) is 5.05. The normalized spacial score (nSPS) is 10.1. The lowest BCUT2D eigenvalue weighted by atomic mass is 10.1. The van der Waals surface area contributed by atoms with Crippen LogP contribution in [0.3, 0.4) is 0 Å². The second-order valence-corrected chi connectivity index (χ2v) is 4.42. The zero-order valence-corrected chi connectivity index (χ0v) is 9.49. The van der Waals surface area contributed by atoms with Crippen molar-refractivity contribution in [3.8, 4) is 0 Å². The van der Waals surface area contributed by atoms with E-state index < -0.39 is 0 Å². The number of aromatic nitrogens is 1. The molecule has 3 heteroatoms. The maximum absolute atomic E-state index is 11.5. The molecule has 0 radical (unpaired) electrons. The van der Waals surface area contributed by atoms with E-state index >= 15 is 0 Å². The van der Waals surface area contributed by atoms with Crippen LogP contribution >= 0.6 is 11.3 Å². The van der Waals surface area contributed by atoms with Gasteiger partial charge in [-0.15, -0.1) is 11.3 Å². The highest BCUT2D eigenvalue weighted by molar-refractivity contribution is 7.09. The van der Waals surface area contributed by atoms with Crippen molar-refractivity contribution in [1.29, 1.82) is 0 Å². The number of carbonyl (C=O) groups is 1. The maximum Gasteiger partial charge on any atom is 0.142 e. The van der Waals surface area contributed by atoms with E-state index in [1.807, 2.05) is 19.2 Å². The number of Topliss-reactive ketones (excluding diaryl/α,β-unsaturated/α-hetero) is 1. The zero-order chi connectivity index (χ0) is 10.6. The van der Waals surface area contributed by atoms with Gasteiger partial charge < -0.3 is 0 Å². The lowest BCUT2D eigenvalue weighted by molar-refractivity contribution is -0.117. The van der Waals surface area contributed by atoms with Gasteiger partial charge in [-0.25, -0.2) is 4.98 Å². The molecule has 0 fully saturated rings. The third kappa shape index (κ3) is 3.42. The van der Waals surface area contributed by atoms with Gasteiger partial charge in [0, 0.05) is 18.2 Å². The van der Waals surface area contributed by atoms with Crippen LogP contribution in [0.15, 0.2) is 17.5 Å². The molecule has 0 aromatic carbocycles. The quantitative estimate of drug-likeness (QED) is 0.698. The fourth-order valence-corrected chi connectivity index (χ4v) is 1.77. The Morgan fingerprint density at radius 2 is 2.36 bits per heavy atom. The highest BCUT2D eigenvalue weighted by atomic mass is 32.1. The van der Waals surface area contributed by atoms with Crippen LogP contribution in [0.25, 0.3) is 0 Å². The summed E-state index contributed by atoms with van der Waals surface area (Å²) in [5, 5.41) is 2.96. The smallest absolute Gasteiger partial charge is 0.142 e. The zero-order valence-electron chi connectivity index (χ0n) is 8.67. The Morgan fingerprint density at radius 3 is 2.86 bits per heavy atom. The largest absolute Gasteiger partial charge is 0.299 e. The van der Waals surface area contributed by atoms with Crippen molar-refractivity contribution < 1.29 is 4.79 Å². The van der Waals surface area contributed by atoms with Crippen LogP contribution in [-0.4, -0.2) is 10.8 Å².